The molecule has 1 aliphatic heterocycles. The van der Waals surface area contributed by atoms with Crippen LogP contribution in [-0.4, -0.2) is 19.1 Å². The van der Waals surface area contributed by atoms with Gasteiger partial charge in [-0.3, -0.25) is 0 Å². The van der Waals surface area contributed by atoms with Gasteiger partial charge in [0, 0.05) is 19.0 Å². The maximum atomic E-state index is 13.3. The Labute approximate surface area is 81.3 Å². The summed E-state index contributed by atoms with van der Waals surface area (Å²) in [7, 11) is 0. The average molecular weight is 194 g/mol. The molecule has 2 N–H and O–H groups in total. The third-order valence-corrected chi connectivity index (χ3v) is 2.36. The second-order valence-electron chi connectivity index (χ2n) is 3.31. The van der Waals surface area contributed by atoms with Crippen LogP contribution in [0, 0.1) is 5.82 Å². The second kappa shape index (κ2) is 3.65. The highest BCUT2D eigenvalue weighted by Crippen LogP contribution is 2.18. The summed E-state index contributed by atoms with van der Waals surface area (Å²) >= 11 is 0. The van der Waals surface area contributed by atoms with Crippen LogP contribution < -0.4 is 10.6 Å². The monoisotopic (exact) mass is 194 g/mol. The quantitative estimate of drug-likeness (QED) is 0.693. The molecule has 1 aromatic rings. The van der Waals surface area contributed by atoms with E-state index in [9.17, 15) is 9.18 Å². The fourth-order valence-corrected chi connectivity index (χ4v) is 1.59. The van der Waals surface area contributed by atoms with Gasteiger partial charge in [-0.1, -0.05) is 18.2 Å². The Balaban J connectivity index is 2.16. The lowest BCUT2D eigenvalue weighted by Gasteiger charge is -2.24. The lowest BCUT2D eigenvalue weighted by Crippen LogP contribution is -2.47. The Kier molecular flexibility index (Phi) is 2.35. The summed E-state index contributed by atoms with van der Waals surface area (Å²) in [4.78, 5) is 10.8. The molecule has 2 amide bonds. The van der Waals surface area contributed by atoms with E-state index in [4.69, 9.17) is 0 Å². The van der Waals surface area contributed by atoms with E-state index in [1.807, 2.05) is 0 Å². The third-order valence-electron chi connectivity index (χ3n) is 2.36. The minimum absolute atomic E-state index is 0.0221. The Morgan fingerprint density at radius 2 is 1.86 bits per heavy atom. The molecule has 1 heterocycles. The lowest BCUT2D eigenvalue weighted by molar-refractivity contribution is 0.233. The summed E-state index contributed by atoms with van der Waals surface area (Å²) in [6.07, 6.45) is 0. The number of urea groups is 1. The smallest absolute Gasteiger partial charge is 0.314 e. The third kappa shape index (κ3) is 1.69. The highest BCUT2D eigenvalue weighted by atomic mass is 19.1. The Bertz CT molecular complexity index is 344. The van der Waals surface area contributed by atoms with Crippen LogP contribution in [0.15, 0.2) is 24.3 Å². The van der Waals surface area contributed by atoms with E-state index in [-0.39, 0.29) is 17.8 Å². The van der Waals surface area contributed by atoms with Gasteiger partial charge in [0.25, 0.3) is 0 Å². The van der Waals surface area contributed by atoms with Gasteiger partial charge in [0.15, 0.2) is 0 Å². The first-order valence-electron chi connectivity index (χ1n) is 4.53. The van der Waals surface area contributed by atoms with E-state index in [2.05, 4.69) is 10.6 Å². The topological polar surface area (TPSA) is 41.1 Å². The van der Waals surface area contributed by atoms with Gasteiger partial charge >= 0.3 is 6.03 Å². The first-order valence-corrected chi connectivity index (χ1v) is 4.53. The summed E-state index contributed by atoms with van der Waals surface area (Å²) in [6, 6.07) is 6.46. The zero-order chi connectivity index (χ0) is 9.97. The Morgan fingerprint density at radius 3 is 2.50 bits per heavy atom. The largest absolute Gasteiger partial charge is 0.337 e. The van der Waals surface area contributed by atoms with Crippen molar-refractivity contribution in [1.82, 2.24) is 10.6 Å². The SMILES string of the molecule is O=C1NCC(c2ccccc2F)CN1. The number of rotatable bonds is 1. The van der Waals surface area contributed by atoms with Crippen LogP contribution in [0.1, 0.15) is 11.5 Å². The molecule has 3 nitrogen and oxygen atoms in total. The van der Waals surface area contributed by atoms with Crippen molar-refractivity contribution in [1.29, 1.82) is 0 Å². The van der Waals surface area contributed by atoms with Gasteiger partial charge in [0.2, 0.25) is 0 Å². The molecule has 2 rings (SSSR count). The van der Waals surface area contributed by atoms with Crippen molar-refractivity contribution in [3.8, 4) is 0 Å². The standard InChI is InChI=1S/C10H11FN2O/c11-9-4-2-1-3-8(9)7-5-12-10(14)13-6-7/h1-4,7H,5-6H2,(H2,12,13,14). The van der Waals surface area contributed by atoms with Gasteiger partial charge in [-0.25, -0.2) is 9.18 Å². The molecule has 0 atom stereocenters. The molecular weight excluding hydrogens is 183 g/mol. The number of halogens is 1. The van der Waals surface area contributed by atoms with E-state index in [1.54, 1.807) is 18.2 Å². The molecule has 74 valence electrons. The maximum absolute atomic E-state index is 13.3. The van der Waals surface area contributed by atoms with Crippen molar-refractivity contribution in [2.24, 2.45) is 0 Å². The number of amides is 2. The van der Waals surface area contributed by atoms with E-state index >= 15 is 0 Å². The first kappa shape index (κ1) is 8.99. The van der Waals surface area contributed by atoms with Crippen molar-refractivity contribution >= 4 is 6.03 Å². The molecule has 0 spiro atoms. The predicted molar refractivity (Wildman–Crippen MR) is 50.5 cm³/mol. The molecular formula is C10H11FN2O. The molecule has 1 saturated heterocycles. The van der Waals surface area contributed by atoms with E-state index in [0.717, 1.165) is 0 Å². The minimum atomic E-state index is -0.213. The van der Waals surface area contributed by atoms with Crippen LogP contribution in [0.5, 0.6) is 0 Å². The van der Waals surface area contributed by atoms with Crippen LogP contribution in [0.25, 0.3) is 0 Å². The second-order valence-corrected chi connectivity index (χ2v) is 3.31. The molecule has 1 fully saturated rings. The van der Waals surface area contributed by atoms with E-state index in [1.165, 1.54) is 6.07 Å². The zero-order valence-corrected chi connectivity index (χ0v) is 7.59. The van der Waals surface area contributed by atoms with Gasteiger partial charge < -0.3 is 10.6 Å². The van der Waals surface area contributed by atoms with Gasteiger partial charge in [-0.15, -0.1) is 0 Å². The van der Waals surface area contributed by atoms with Crippen LogP contribution >= 0.6 is 0 Å². The fourth-order valence-electron chi connectivity index (χ4n) is 1.59. The highest BCUT2D eigenvalue weighted by Gasteiger charge is 2.20. The molecule has 4 heteroatoms. The Hall–Kier alpha value is -1.58. The summed E-state index contributed by atoms with van der Waals surface area (Å²) in [5.74, 6) is -0.190. The van der Waals surface area contributed by atoms with Crippen molar-refractivity contribution in [2.75, 3.05) is 13.1 Å². The predicted octanol–water partition coefficient (Wildman–Crippen LogP) is 1.22. The molecule has 0 unspecified atom stereocenters. The summed E-state index contributed by atoms with van der Waals surface area (Å²) in [5, 5.41) is 5.28. The fraction of sp³-hybridized carbons (Fsp3) is 0.300. The number of nitrogens with one attached hydrogen (secondary N) is 2. The van der Waals surface area contributed by atoms with Crippen molar-refractivity contribution in [3.05, 3.63) is 35.6 Å². The minimum Gasteiger partial charge on any atom is -0.337 e. The first-order chi connectivity index (χ1) is 6.77. The number of carbonyl (C=O) groups is 1. The van der Waals surface area contributed by atoms with Crippen LogP contribution in [0.4, 0.5) is 9.18 Å². The summed E-state index contributed by atoms with van der Waals surface area (Å²) < 4.78 is 13.3. The maximum Gasteiger partial charge on any atom is 0.314 e. The van der Waals surface area contributed by atoms with Gasteiger partial charge in [0.1, 0.15) is 5.82 Å². The molecule has 0 aliphatic carbocycles. The Morgan fingerprint density at radius 1 is 1.21 bits per heavy atom. The van der Waals surface area contributed by atoms with Crippen LogP contribution in [0.2, 0.25) is 0 Å². The van der Waals surface area contributed by atoms with Crippen molar-refractivity contribution in [3.63, 3.8) is 0 Å². The van der Waals surface area contributed by atoms with Crippen LogP contribution in [-0.2, 0) is 0 Å². The zero-order valence-electron chi connectivity index (χ0n) is 7.59. The average Bonchev–Trinajstić information content (AvgIpc) is 2.20. The lowest BCUT2D eigenvalue weighted by atomic mass is 9.97. The molecule has 0 bridgehead atoms. The number of hydrogen-bond donors (Lipinski definition) is 2. The van der Waals surface area contributed by atoms with Gasteiger partial charge in [-0.05, 0) is 11.6 Å². The van der Waals surface area contributed by atoms with Crippen LogP contribution in [0.3, 0.4) is 0 Å². The molecule has 0 radical (unpaired) electrons. The summed E-state index contributed by atoms with van der Waals surface area (Å²) in [5.41, 5.74) is 0.653. The number of hydrogen-bond acceptors (Lipinski definition) is 1. The van der Waals surface area contributed by atoms with E-state index in [0.29, 0.717) is 18.7 Å². The molecule has 1 aromatic carbocycles. The number of benzene rings is 1. The molecule has 0 aromatic heterocycles. The molecule has 0 saturated carbocycles. The van der Waals surface area contributed by atoms with E-state index < -0.39 is 0 Å². The normalized spacial score (nSPS) is 17.4. The van der Waals surface area contributed by atoms with Crippen molar-refractivity contribution < 1.29 is 9.18 Å². The number of carbonyl (C=O) groups excluding carboxylic acids is 1. The highest BCUT2D eigenvalue weighted by molar-refractivity contribution is 5.74. The van der Waals surface area contributed by atoms with Gasteiger partial charge in [-0.2, -0.15) is 0 Å². The molecule has 1 aliphatic rings. The van der Waals surface area contributed by atoms with Crippen molar-refractivity contribution in [2.45, 2.75) is 5.92 Å². The molecule has 14 heavy (non-hydrogen) atoms. The van der Waals surface area contributed by atoms with Gasteiger partial charge in [0.05, 0.1) is 0 Å². The summed E-state index contributed by atoms with van der Waals surface area (Å²) in [6.45, 7) is 0.986.